The summed E-state index contributed by atoms with van der Waals surface area (Å²) >= 11 is 3.29. The van der Waals surface area contributed by atoms with E-state index in [2.05, 4.69) is 26.6 Å². The summed E-state index contributed by atoms with van der Waals surface area (Å²) in [5.41, 5.74) is 1.62. The Labute approximate surface area is 183 Å². The van der Waals surface area contributed by atoms with Crippen LogP contribution in [0.5, 0.6) is 17.2 Å². The maximum Gasteiger partial charge on any atom is 0.255 e. The zero-order chi connectivity index (χ0) is 22.3. The molecule has 0 bridgehead atoms. The molecule has 0 aromatic heterocycles. The molecule has 0 radical (unpaired) electrons. The summed E-state index contributed by atoms with van der Waals surface area (Å²) in [6, 6.07) is 7.91. The van der Waals surface area contributed by atoms with Crippen LogP contribution in [-0.4, -0.2) is 43.1 Å². The molecule has 0 aliphatic rings. The first-order valence-electron chi connectivity index (χ1n) is 9.18. The number of methoxy groups -OCH3 is 3. The first-order chi connectivity index (χ1) is 14.4. The van der Waals surface area contributed by atoms with Gasteiger partial charge in [-0.1, -0.05) is 28.9 Å². The minimum atomic E-state index is -0.407. The molecule has 0 aliphatic heterocycles. The van der Waals surface area contributed by atoms with Crippen molar-refractivity contribution in [2.45, 2.75) is 24.8 Å². The molecule has 0 aliphatic carbocycles. The Kier molecular flexibility index (Phi) is 8.49. The van der Waals surface area contributed by atoms with E-state index in [1.165, 1.54) is 27.4 Å². The molecule has 0 saturated carbocycles. The average Bonchev–Trinajstić information content (AvgIpc) is 2.77. The maximum absolute atomic E-state index is 12.8. The molecule has 0 saturated heterocycles. The summed E-state index contributed by atoms with van der Waals surface area (Å²) in [7, 11) is 4.46. The van der Waals surface area contributed by atoms with Gasteiger partial charge in [0.25, 0.3) is 5.91 Å². The van der Waals surface area contributed by atoms with Gasteiger partial charge in [-0.05, 0) is 18.6 Å². The highest BCUT2D eigenvalue weighted by Crippen LogP contribution is 2.40. The molecule has 3 N–H and O–H groups in total. The van der Waals surface area contributed by atoms with Crippen molar-refractivity contribution in [1.82, 2.24) is 0 Å². The van der Waals surface area contributed by atoms with Crippen LogP contribution in [0.25, 0.3) is 0 Å². The van der Waals surface area contributed by atoms with Crippen LogP contribution >= 0.6 is 15.9 Å². The Morgan fingerprint density at radius 3 is 2.17 bits per heavy atom. The van der Waals surface area contributed by atoms with E-state index in [0.717, 1.165) is 0 Å². The van der Waals surface area contributed by atoms with Crippen LogP contribution < -0.4 is 24.8 Å². The molecule has 9 heteroatoms. The monoisotopic (exact) mass is 480 g/mol. The molecule has 8 nitrogen and oxygen atoms in total. The van der Waals surface area contributed by atoms with Crippen molar-refractivity contribution < 1.29 is 28.9 Å². The first kappa shape index (κ1) is 23.5. The van der Waals surface area contributed by atoms with Crippen LogP contribution in [0.2, 0.25) is 0 Å². The van der Waals surface area contributed by atoms with Gasteiger partial charge >= 0.3 is 0 Å². The van der Waals surface area contributed by atoms with Crippen LogP contribution in [0, 0.1) is 0 Å². The molecule has 162 valence electrons. The topological polar surface area (TPSA) is 106 Å². The van der Waals surface area contributed by atoms with Gasteiger partial charge in [0.05, 0.1) is 32.8 Å². The van der Waals surface area contributed by atoms with Crippen molar-refractivity contribution in [1.29, 1.82) is 0 Å². The van der Waals surface area contributed by atoms with Crippen molar-refractivity contribution in [2.75, 3.05) is 32.0 Å². The van der Waals surface area contributed by atoms with Gasteiger partial charge in [0, 0.05) is 34.6 Å². The number of halogens is 1. The van der Waals surface area contributed by atoms with E-state index >= 15 is 0 Å². The third-order valence-corrected chi connectivity index (χ3v) is 5.43. The first-order valence-corrected chi connectivity index (χ1v) is 10.1. The zero-order valence-electron chi connectivity index (χ0n) is 17.2. The molecule has 2 rings (SSSR count). The van der Waals surface area contributed by atoms with E-state index < -0.39 is 5.91 Å². The summed E-state index contributed by atoms with van der Waals surface area (Å²) in [4.78, 5) is 24.6. The van der Waals surface area contributed by atoms with Gasteiger partial charge in [-0.3, -0.25) is 9.59 Å². The van der Waals surface area contributed by atoms with Gasteiger partial charge in [-0.25, -0.2) is 0 Å². The summed E-state index contributed by atoms with van der Waals surface area (Å²) in [6.45, 7) is 1.59. The normalized spacial score (nSPS) is 11.4. The zero-order valence-corrected chi connectivity index (χ0v) is 18.8. The molecule has 1 atom stereocenters. The maximum atomic E-state index is 12.8. The van der Waals surface area contributed by atoms with Crippen molar-refractivity contribution in [3.05, 3.63) is 41.5 Å². The summed E-state index contributed by atoms with van der Waals surface area (Å²) in [5.74, 6) is 0.553. The molecule has 0 heterocycles. The van der Waals surface area contributed by atoms with Crippen molar-refractivity contribution in [2.24, 2.45) is 0 Å². The van der Waals surface area contributed by atoms with Crippen LogP contribution in [0.1, 0.15) is 29.3 Å². The lowest BCUT2D eigenvalue weighted by Gasteiger charge is -2.16. The molecule has 0 fully saturated rings. The minimum absolute atomic E-state index is 0.255. The molecular weight excluding hydrogens is 456 g/mol. The second kappa shape index (κ2) is 10.8. The molecule has 1 unspecified atom stereocenters. The number of ether oxygens (including phenoxy) is 3. The summed E-state index contributed by atoms with van der Waals surface area (Å²) < 4.78 is 15.9. The fourth-order valence-corrected chi connectivity index (χ4v) is 2.84. The largest absolute Gasteiger partial charge is 0.493 e. The Balaban J connectivity index is 2.31. The smallest absolute Gasteiger partial charge is 0.255 e. The van der Waals surface area contributed by atoms with E-state index in [0.29, 0.717) is 46.2 Å². The van der Waals surface area contributed by atoms with Crippen LogP contribution in [0.4, 0.5) is 11.4 Å². The number of alkyl halides is 1. The number of rotatable bonds is 9. The van der Waals surface area contributed by atoms with Crippen LogP contribution in [-0.2, 0) is 11.4 Å². The molecule has 30 heavy (non-hydrogen) atoms. The number of amides is 2. The van der Waals surface area contributed by atoms with E-state index in [9.17, 15) is 14.7 Å². The van der Waals surface area contributed by atoms with E-state index in [1.54, 1.807) is 24.3 Å². The highest BCUT2D eigenvalue weighted by Gasteiger charge is 2.18. The van der Waals surface area contributed by atoms with Gasteiger partial charge in [-0.2, -0.15) is 0 Å². The van der Waals surface area contributed by atoms with Crippen molar-refractivity contribution in [3.8, 4) is 17.2 Å². The fraction of sp³-hybridized carbons (Fsp3) is 0.333. The molecule has 0 spiro atoms. The quantitative estimate of drug-likeness (QED) is 0.473. The number of anilines is 2. The Hall–Kier alpha value is -2.78. The average molecular weight is 481 g/mol. The Morgan fingerprint density at radius 2 is 1.67 bits per heavy atom. The van der Waals surface area contributed by atoms with Crippen molar-refractivity contribution >= 4 is 39.1 Å². The molecule has 2 amide bonds. The number of carbonyl (C=O) groups is 2. The third kappa shape index (κ3) is 5.43. The Morgan fingerprint density at radius 1 is 1.03 bits per heavy atom. The van der Waals surface area contributed by atoms with Gasteiger partial charge in [0.15, 0.2) is 11.5 Å². The van der Waals surface area contributed by atoms with Crippen molar-refractivity contribution in [3.63, 3.8) is 0 Å². The van der Waals surface area contributed by atoms with Gasteiger partial charge in [-0.15, -0.1) is 0 Å². The van der Waals surface area contributed by atoms with E-state index in [4.69, 9.17) is 14.2 Å². The predicted octanol–water partition coefficient (Wildman–Crippen LogP) is 3.57. The number of aliphatic hydroxyl groups is 1. The number of hydrogen-bond donors (Lipinski definition) is 3. The number of nitrogens with one attached hydrogen (secondary N) is 2. The minimum Gasteiger partial charge on any atom is -0.493 e. The van der Waals surface area contributed by atoms with Crippen LogP contribution in [0.15, 0.2) is 30.3 Å². The molecule has 2 aromatic rings. The fourth-order valence-electron chi connectivity index (χ4n) is 2.72. The van der Waals surface area contributed by atoms with Gasteiger partial charge < -0.3 is 30.0 Å². The number of benzene rings is 2. The summed E-state index contributed by atoms with van der Waals surface area (Å²) in [5, 5.41) is 15.1. The predicted molar refractivity (Wildman–Crippen MR) is 118 cm³/mol. The standard InChI is InChI=1S/C21H25BrN2O6/c1-5-15(22)21(27)24-16-8-12(6-7-13(16)11-25)20(26)23-14-9-17(28-2)19(30-4)18(10-14)29-3/h6-10,15,25H,5,11H2,1-4H3,(H,23,26)(H,24,27). The van der Waals surface area contributed by atoms with Gasteiger partial charge in [0.1, 0.15) is 0 Å². The van der Waals surface area contributed by atoms with Crippen LogP contribution in [0.3, 0.4) is 0 Å². The lowest BCUT2D eigenvalue weighted by molar-refractivity contribution is -0.115. The van der Waals surface area contributed by atoms with E-state index in [-0.39, 0.29) is 17.3 Å². The lowest BCUT2D eigenvalue weighted by atomic mass is 10.1. The number of aliphatic hydroxyl groups excluding tert-OH is 1. The number of hydrogen-bond acceptors (Lipinski definition) is 6. The molecule has 2 aromatic carbocycles. The number of carbonyl (C=O) groups excluding carboxylic acids is 2. The molecular formula is C21H25BrN2O6. The highest BCUT2D eigenvalue weighted by molar-refractivity contribution is 9.10. The summed E-state index contributed by atoms with van der Waals surface area (Å²) in [6.07, 6.45) is 0.599. The SMILES string of the molecule is CCC(Br)C(=O)Nc1cc(C(=O)Nc2cc(OC)c(OC)c(OC)c2)ccc1CO. The van der Waals surface area contributed by atoms with Gasteiger partial charge in [0.2, 0.25) is 11.7 Å². The third-order valence-electron chi connectivity index (χ3n) is 4.37. The Bertz CT molecular complexity index is 893. The second-order valence-corrected chi connectivity index (χ2v) is 7.37. The lowest BCUT2D eigenvalue weighted by Crippen LogP contribution is -2.23. The highest BCUT2D eigenvalue weighted by atomic mass is 79.9. The van der Waals surface area contributed by atoms with E-state index in [1.807, 2.05) is 6.92 Å². The second-order valence-electron chi connectivity index (χ2n) is 6.26.